The molecule has 28 heavy (non-hydrogen) atoms. The Morgan fingerprint density at radius 3 is 2.64 bits per heavy atom. The van der Waals surface area contributed by atoms with Crippen molar-refractivity contribution in [1.29, 1.82) is 0 Å². The van der Waals surface area contributed by atoms with Gasteiger partial charge in [-0.2, -0.15) is 0 Å². The van der Waals surface area contributed by atoms with Crippen molar-refractivity contribution < 1.29 is 27.5 Å². The lowest BCUT2D eigenvalue weighted by Crippen LogP contribution is -2.42. The van der Waals surface area contributed by atoms with E-state index in [1.165, 1.54) is 24.5 Å². The van der Waals surface area contributed by atoms with Crippen LogP contribution >= 0.6 is 0 Å². The van der Waals surface area contributed by atoms with E-state index >= 15 is 0 Å². The summed E-state index contributed by atoms with van der Waals surface area (Å²) in [7, 11) is 1.74. The molecular weight excluding hydrogens is 375 g/mol. The van der Waals surface area contributed by atoms with Gasteiger partial charge in [0.1, 0.15) is 17.2 Å². The van der Waals surface area contributed by atoms with E-state index < -0.39 is 6.36 Å². The molecular formula is C19H20F3N3O3. The molecule has 1 saturated carbocycles. The number of carbonyl (C=O) groups is 2. The molecule has 1 amide bonds. The third-order valence-electron chi connectivity index (χ3n) is 4.62. The van der Waals surface area contributed by atoms with Crippen LogP contribution in [0.1, 0.15) is 41.7 Å². The number of halogens is 3. The minimum Gasteiger partial charge on any atom is -0.406 e. The number of hydrogen-bond donors (Lipinski definition) is 0. The average molecular weight is 395 g/mol. The monoisotopic (exact) mass is 395 g/mol. The van der Waals surface area contributed by atoms with Crippen LogP contribution in [-0.4, -0.2) is 38.5 Å². The van der Waals surface area contributed by atoms with Crippen molar-refractivity contribution in [2.75, 3.05) is 0 Å². The lowest BCUT2D eigenvalue weighted by Gasteiger charge is -2.33. The summed E-state index contributed by atoms with van der Waals surface area (Å²) < 4.78 is 43.1. The van der Waals surface area contributed by atoms with Crippen molar-refractivity contribution in [1.82, 2.24) is 14.5 Å². The highest BCUT2D eigenvalue weighted by Crippen LogP contribution is 2.27. The van der Waals surface area contributed by atoms with Crippen LogP contribution in [-0.2, 0) is 18.4 Å². The molecule has 0 bridgehead atoms. The molecule has 1 aliphatic carbocycles. The first kappa shape index (κ1) is 19.9. The number of benzene rings is 1. The van der Waals surface area contributed by atoms with Gasteiger partial charge in [-0.15, -0.1) is 13.2 Å². The van der Waals surface area contributed by atoms with E-state index in [2.05, 4.69) is 9.72 Å². The van der Waals surface area contributed by atoms with Crippen molar-refractivity contribution in [3.05, 3.63) is 48.0 Å². The van der Waals surface area contributed by atoms with Gasteiger partial charge in [0, 0.05) is 38.7 Å². The second kappa shape index (κ2) is 8.04. The smallest absolute Gasteiger partial charge is 0.406 e. The van der Waals surface area contributed by atoms with Crippen LogP contribution in [0.5, 0.6) is 5.75 Å². The molecule has 0 aliphatic heterocycles. The van der Waals surface area contributed by atoms with Crippen molar-refractivity contribution in [3.8, 4) is 5.75 Å². The summed E-state index contributed by atoms with van der Waals surface area (Å²) in [4.78, 5) is 30.2. The number of ether oxygens (including phenoxy) is 1. The topological polar surface area (TPSA) is 64.4 Å². The van der Waals surface area contributed by atoms with Crippen LogP contribution in [0, 0.1) is 0 Å². The fourth-order valence-corrected chi connectivity index (χ4v) is 3.31. The summed E-state index contributed by atoms with van der Waals surface area (Å²) in [6.45, 7) is 0.101. The molecule has 0 radical (unpaired) electrons. The number of imidazole rings is 1. The number of alkyl halides is 3. The Balaban J connectivity index is 1.84. The molecule has 0 atom stereocenters. The Labute approximate surface area is 159 Å². The molecule has 0 spiro atoms. The van der Waals surface area contributed by atoms with Gasteiger partial charge in [-0.25, -0.2) is 4.98 Å². The Hall–Kier alpha value is -2.84. The number of aromatic nitrogens is 2. The number of hydrogen-bond acceptors (Lipinski definition) is 4. The minimum absolute atomic E-state index is 0.101. The molecule has 6 nitrogen and oxygen atoms in total. The zero-order chi connectivity index (χ0) is 20.3. The van der Waals surface area contributed by atoms with Crippen LogP contribution < -0.4 is 4.74 Å². The second-order valence-electron chi connectivity index (χ2n) is 6.82. The summed E-state index contributed by atoms with van der Waals surface area (Å²) >= 11 is 0. The fraction of sp³-hybridized carbons (Fsp3) is 0.421. The Kier molecular flexibility index (Phi) is 5.71. The van der Waals surface area contributed by atoms with Crippen LogP contribution in [0.15, 0.2) is 36.8 Å². The van der Waals surface area contributed by atoms with Gasteiger partial charge < -0.3 is 14.2 Å². The zero-order valence-electron chi connectivity index (χ0n) is 15.3. The molecule has 1 aromatic carbocycles. The molecule has 1 heterocycles. The number of rotatable bonds is 5. The van der Waals surface area contributed by atoms with Gasteiger partial charge in [0.25, 0.3) is 5.91 Å². The average Bonchev–Trinajstić information content (AvgIpc) is 3.05. The van der Waals surface area contributed by atoms with E-state index in [4.69, 9.17) is 0 Å². The molecule has 2 aromatic rings. The summed E-state index contributed by atoms with van der Waals surface area (Å²) in [6.07, 6.45) is 0.125. The van der Waals surface area contributed by atoms with Crippen LogP contribution in [0.3, 0.4) is 0 Å². The predicted octanol–water partition coefficient (Wildman–Crippen LogP) is 3.47. The normalized spacial score (nSPS) is 15.5. The number of carbonyl (C=O) groups excluding carboxylic acids is 2. The van der Waals surface area contributed by atoms with Crippen LogP contribution in [0.4, 0.5) is 13.2 Å². The molecule has 0 N–H and O–H groups in total. The molecule has 1 aromatic heterocycles. The quantitative estimate of drug-likeness (QED) is 0.778. The van der Waals surface area contributed by atoms with Crippen molar-refractivity contribution >= 4 is 11.7 Å². The van der Waals surface area contributed by atoms with E-state index in [1.807, 2.05) is 0 Å². The minimum atomic E-state index is -4.79. The number of aryl methyl sites for hydroxylation is 1. The number of Topliss-reactive ketones (excluding diaryl/α,β-unsaturated/α-hetero) is 1. The third-order valence-corrected chi connectivity index (χ3v) is 4.62. The first-order chi connectivity index (χ1) is 13.2. The van der Waals surface area contributed by atoms with Crippen molar-refractivity contribution in [2.45, 2.75) is 44.6 Å². The summed E-state index contributed by atoms with van der Waals surface area (Å²) in [5, 5.41) is 0. The number of ketones is 1. The Morgan fingerprint density at radius 2 is 2.04 bits per heavy atom. The predicted molar refractivity (Wildman–Crippen MR) is 93.5 cm³/mol. The van der Waals surface area contributed by atoms with E-state index in [9.17, 15) is 22.8 Å². The first-order valence-electron chi connectivity index (χ1n) is 8.86. The van der Waals surface area contributed by atoms with Gasteiger partial charge in [0.2, 0.25) is 0 Å². The first-order valence-corrected chi connectivity index (χ1v) is 8.86. The summed E-state index contributed by atoms with van der Waals surface area (Å²) in [5.74, 6) is -0.502. The molecule has 3 rings (SSSR count). The lowest BCUT2D eigenvalue weighted by atomic mass is 9.92. The fourth-order valence-electron chi connectivity index (χ4n) is 3.31. The van der Waals surface area contributed by atoms with E-state index in [0.717, 1.165) is 0 Å². The highest BCUT2D eigenvalue weighted by molar-refractivity contribution is 5.92. The highest BCUT2D eigenvalue weighted by atomic mass is 19.4. The van der Waals surface area contributed by atoms with Crippen LogP contribution in [0.2, 0.25) is 0 Å². The van der Waals surface area contributed by atoms with E-state index in [1.54, 1.807) is 28.8 Å². The maximum atomic E-state index is 13.0. The number of amides is 1. The standard InChI is InChI=1S/C19H20F3N3O3/c1-24-11-17(23-12-24)18(27)25(14-5-7-15(26)8-6-14)10-13-3-2-4-16(9-13)28-19(20,21)22/h2-4,9,11-12,14H,5-8,10H2,1H3. The van der Waals surface area contributed by atoms with Gasteiger partial charge >= 0.3 is 6.36 Å². The van der Waals surface area contributed by atoms with Gasteiger partial charge in [-0.05, 0) is 30.5 Å². The maximum absolute atomic E-state index is 13.0. The Morgan fingerprint density at radius 1 is 1.32 bits per heavy atom. The van der Waals surface area contributed by atoms with E-state index in [0.29, 0.717) is 31.2 Å². The molecule has 1 aliphatic rings. The van der Waals surface area contributed by atoms with Crippen LogP contribution in [0.25, 0.3) is 0 Å². The zero-order valence-corrected chi connectivity index (χ0v) is 15.3. The van der Waals surface area contributed by atoms with Gasteiger partial charge in [0.15, 0.2) is 0 Å². The molecule has 0 unspecified atom stereocenters. The molecule has 1 fully saturated rings. The van der Waals surface area contributed by atoms with Crippen molar-refractivity contribution in [2.24, 2.45) is 7.05 Å². The lowest BCUT2D eigenvalue weighted by molar-refractivity contribution is -0.274. The second-order valence-corrected chi connectivity index (χ2v) is 6.82. The third kappa shape index (κ3) is 5.11. The molecule has 0 saturated heterocycles. The molecule has 150 valence electrons. The summed E-state index contributed by atoms with van der Waals surface area (Å²) in [5.41, 5.74) is 0.755. The summed E-state index contributed by atoms with van der Waals surface area (Å²) in [6, 6.07) is 5.38. The highest BCUT2D eigenvalue weighted by Gasteiger charge is 2.32. The van der Waals surface area contributed by atoms with Gasteiger partial charge in [-0.3, -0.25) is 9.59 Å². The van der Waals surface area contributed by atoms with Crippen molar-refractivity contribution in [3.63, 3.8) is 0 Å². The van der Waals surface area contributed by atoms with E-state index in [-0.39, 0.29) is 35.7 Å². The molecule has 9 heteroatoms. The Bertz CT molecular complexity index is 853. The number of nitrogens with zero attached hydrogens (tertiary/aromatic N) is 3. The van der Waals surface area contributed by atoms with Gasteiger partial charge in [0.05, 0.1) is 6.33 Å². The maximum Gasteiger partial charge on any atom is 0.573 e. The van der Waals surface area contributed by atoms with Gasteiger partial charge in [-0.1, -0.05) is 12.1 Å². The SMILES string of the molecule is Cn1cnc(C(=O)N(Cc2cccc(OC(F)(F)F)c2)C2CCC(=O)CC2)c1. The largest absolute Gasteiger partial charge is 0.573 e.